The number of carbonyl (C=O) groups excluding carboxylic acids is 6. The van der Waals surface area contributed by atoms with Gasteiger partial charge in [0, 0.05) is 58.7 Å². The summed E-state index contributed by atoms with van der Waals surface area (Å²) in [5.41, 5.74) is 0.381. The summed E-state index contributed by atoms with van der Waals surface area (Å²) in [6.07, 6.45) is 7.83. The van der Waals surface area contributed by atoms with Crippen molar-refractivity contribution in [3.63, 3.8) is 0 Å². The first-order chi connectivity index (χ1) is 27.9. The van der Waals surface area contributed by atoms with Gasteiger partial charge in [0.1, 0.15) is 35.6 Å². The molecule has 324 valence electrons. The summed E-state index contributed by atoms with van der Waals surface area (Å²) in [5.74, 6) is -1.72. The van der Waals surface area contributed by atoms with E-state index in [0.29, 0.717) is 37.1 Å². The standard InChI is InChI=1S/C42H57ClN4O12/c1-25(13-12-14-33(56-8)42(54)24-32(59-41(53)44-42)26(2)39-28(4)58-39)21-29-22-30(38(43)31(23-29)55-7)46(6)35(49)18-20-57-40(52)27(3)45(5)34(48)15-10-9-11-19-47-36(50)16-17-37(47)51/h12-14,16-17,22-23,26-28,32-33,39,54H,9-11,15,18-21,24H2,1-8H3,(H,44,53). The van der Waals surface area contributed by atoms with Crippen LogP contribution >= 0.6 is 11.6 Å². The molecule has 2 fully saturated rings. The first-order valence-corrected chi connectivity index (χ1v) is 20.1. The molecule has 3 aliphatic rings. The predicted octanol–water partition coefficient (Wildman–Crippen LogP) is 4.25. The number of benzene rings is 1. The number of esters is 1. The number of hydrogen-bond donors (Lipinski definition) is 2. The minimum Gasteiger partial charge on any atom is -0.495 e. The number of nitrogens with zero attached hydrogens (tertiary/aromatic N) is 3. The molecule has 0 aromatic heterocycles. The highest BCUT2D eigenvalue weighted by molar-refractivity contribution is 6.35. The average Bonchev–Trinajstić information content (AvgIpc) is 3.85. The molecule has 0 saturated carbocycles. The van der Waals surface area contributed by atoms with Gasteiger partial charge in [0.15, 0.2) is 5.72 Å². The number of unbranched alkanes of at least 4 members (excludes halogenated alkanes) is 2. The zero-order valence-electron chi connectivity index (χ0n) is 35.0. The Morgan fingerprint density at radius 2 is 1.75 bits per heavy atom. The van der Waals surface area contributed by atoms with E-state index >= 15 is 0 Å². The van der Waals surface area contributed by atoms with Crippen molar-refractivity contribution in [2.45, 2.75) is 109 Å². The lowest BCUT2D eigenvalue weighted by Gasteiger charge is -2.41. The van der Waals surface area contributed by atoms with E-state index in [2.05, 4.69) is 5.32 Å². The van der Waals surface area contributed by atoms with Crippen molar-refractivity contribution >= 4 is 53.0 Å². The molecule has 1 aromatic carbocycles. The van der Waals surface area contributed by atoms with Gasteiger partial charge in [0.05, 0.1) is 31.4 Å². The van der Waals surface area contributed by atoms with Gasteiger partial charge in [-0.25, -0.2) is 9.59 Å². The molecule has 0 aliphatic carbocycles. The number of methoxy groups -OCH3 is 2. The first kappa shape index (κ1) is 46.9. The number of hydrogen-bond acceptors (Lipinski definition) is 12. The van der Waals surface area contributed by atoms with E-state index < -0.39 is 36.0 Å². The average molecular weight is 845 g/mol. The van der Waals surface area contributed by atoms with Crippen LogP contribution in [0, 0.1) is 5.92 Å². The van der Waals surface area contributed by atoms with Crippen LogP contribution < -0.4 is 15.0 Å². The number of amides is 5. The quantitative estimate of drug-likeness (QED) is 0.0589. The van der Waals surface area contributed by atoms with Gasteiger partial charge in [0.2, 0.25) is 11.8 Å². The van der Waals surface area contributed by atoms with E-state index in [0.717, 1.165) is 16.0 Å². The van der Waals surface area contributed by atoms with E-state index in [9.17, 15) is 33.9 Å². The Bertz CT molecular complexity index is 1820. The van der Waals surface area contributed by atoms with E-state index in [4.69, 9.17) is 35.3 Å². The molecule has 0 radical (unpaired) electrons. The van der Waals surface area contributed by atoms with Crippen LogP contribution in [0.15, 0.2) is 48.1 Å². The fourth-order valence-corrected chi connectivity index (χ4v) is 7.36. The molecule has 0 bridgehead atoms. The molecule has 3 heterocycles. The fraction of sp³-hybridized carbons (Fsp3) is 0.571. The number of ether oxygens (including phenoxy) is 5. The largest absolute Gasteiger partial charge is 0.495 e. The van der Waals surface area contributed by atoms with Gasteiger partial charge >= 0.3 is 12.1 Å². The molecule has 7 unspecified atom stereocenters. The topological polar surface area (TPSA) is 194 Å². The smallest absolute Gasteiger partial charge is 0.409 e. The van der Waals surface area contributed by atoms with Crippen LogP contribution in [-0.2, 0) is 49.3 Å². The third-order valence-electron chi connectivity index (χ3n) is 10.9. The Morgan fingerprint density at radius 1 is 1.07 bits per heavy atom. The van der Waals surface area contributed by atoms with Crippen LogP contribution in [0.1, 0.15) is 71.8 Å². The molecular weight excluding hydrogens is 788 g/mol. The Kier molecular flexibility index (Phi) is 16.7. The van der Waals surface area contributed by atoms with Crippen LogP contribution in [0.25, 0.3) is 0 Å². The van der Waals surface area contributed by atoms with Crippen molar-refractivity contribution in [1.82, 2.24) is 15.1 Å². The number of likely N-dealkylation sites (N-methyl/N-ethyl adjacent to an activating group) is 1. The third-order valence-corrected chi connectivity index (χ3v) is 11.3. The number of nitrogens with one attached hydrogen (secondary N) is 1. The maximum atomic E-state index is 13.3. The van der Waals surface area contributed by atoms with Gasteiger partial charge < -0.3 is 38.6 Å². The minimum atomic E-state index is -1.71. The van der Waals surface area contributed by atoms with Crippen molar-refractivity contribution in [3.05, 3.63) is 58.7 Å². The van der Waals surface area contributed by atoms with E-state index in [1.807, 2.05) is 26.8 Å². The van der Waals surface area contributed by atoms with Crippen molar-refractivity contribution in [3.8, 4) is 5.75 Å². The Hall–Kier alpha value is -4.77. The molecule has 0 spiro atoms. The molecule has 1 aromatic rings. The number of aliphatic hydroxyl groups is 1. The lowest BCUT2D eigenvalue weighted by atomic mass is 9.88. The van der Waals surface area contributed by atoms with E-state index in [1.165, 1.54) is 43.2 Å². The number of anilines is 1. The summed E-state index contributed by atoms with van der Waals surface area (Å²) in [7, 11) is 5.98. The van der Waals surface area contributed by atoms with Gasteiger partial charge in [-0.1, -0.05) is 48.7 Å². The van der Waals surface area contributed by atoms with Crippen molar-refractivity contribution in [2.75, 3.05) is 46.4 Å². The molecule has 59 heavy (non-hydrogen) atoms. The first-order valence-electron chi connectivity index (χ1n) is 19.7. The van der Waals surface area contributed by atoms with Gasteiger partial charge in [-0.15, -0.1) is 0 Å². The fourth-order valence-electron chi connectivity index (χ4n) is 7.04. The zero-order chi connectivity index (χ0) is 43.6. The summed E-state index contributed by atoms with van der Waals surface area (Å²) in [4.78, 5) is 78.3. The van der Waals surface area contributed by atoms with Gasteiger partial charge in [-0.05, 0) is 57.7 Å². The molecule has 5 amide bonds. The van der Waals surface area contributed by atoms with Crippen molar-refractivity contribution in [2.24, 2.45) is 5.92 Å². The summed E-state index contributed by atoms with van der Waals surface area (Å²) in [5, 5.41) is 14.2. The number of alkyl carbamates (subject to hydrolysis) is 1. The zero-order valence-corrected chi connectivity index (χ0v) is 35.8. The van der Waals surface area contributed by atoms with Crippen molar-refractivity contribution in [1.29, 1.82) is 0 Å². The third kappa shape index (κ3) is 12.4. The highest BCUT2D eigenvalue weighted by atomic mass is 35.5. The highest BCUT2D eigenvalue weighted by Gasteiger charge is 2.51. The molecule has 2 N–H and O–H groups in total. The number of halogens is 1. The number of carbonyl (C=O) groups is 6. The second-order valence-electron chi connectivity index (χ2n) is 15.2. The molecule has 17 heteroatoms. The lowest BCUT2D eigenvalue weighted by molar-refractivity contribution is -0.153. The number of epoxide rings is 1. The normalized spacial score (nSPS) is 23.1. The Balaban J connectivity index is 1.27. The second kappa shape index (κ2) is 21.0. The monoisotopic (exact) mass is 844 g/mol. The molecule has 2 saturated heterocycles. The lowest BCUT2D eigenvalue weighted by Crippen LogP contribution is -2.63. The number of allylic oxidation sites excluding steroid dienone is 3. The highest BCUT2D eigenvalue weighted by Crippen LogP contribution is 2.38. The Labute approximate surface area is 350 Å². The summed E-state index contributed by atoms with van der Waals surface area (Å²) in [6.45, 7) is 7.39. The van der Waals surface area contributed by atoms with Crippen LogP contribution in [0.5, 0.6) is 5.75 Å². The number of rotatable bonds is 21. The summed E-state index contributed by atoms with van der Waals surface area (Å²) in [6, 6.07) is 2.65. The van der Waals surface area contributed by atoms with Crippen LogP contribution in [0.4, 0.5) is 10.5 Å². The van der Waals surface area contributed by atoms with E-state index in [-0.39, 0.29) is 79.2 Å². The van der Waals surface area contributed by atoms with Crippen LogP contribution in [0.2, 0.25) is 5.02 Å². The maximum absolute atomic E-state index is 13.3. The van der Waals surface area contributed by atoms with Gasteiger partial charge in [-0.3, -0.25) is 29.4 Å². The maximum Gasteiger partial charge on any atom is 0.409 e. The van der Waals surface area contributed by atoms with E-state index in [1.54, 1.807) is 38.3 Å². The Morgan fingerprint density at radius 3 is 2.37 bits per heavy atom. The van der Waals surface area contributed by atoms with Crippen molar-refractivity contribution < 1.29 is 57.6 Å². The summed E-state index contributed by atoms with van der Waals surface area (Å²) < 4.78 is 27.5. The second-order valence-corrected chi connectivity index (χ2v) is 15.6. The molecule has 16 nitrogen and oxygen atoms in total. The SMILES string of the molecule is COc1cc(CC(C)=CC=CC(OC)C2(O)CC(C(C)C3OC3C)OC(=O)N2)cc(N(C)C(=O)CCOC(=O)C(C)N(C)C(=O)CCCCCN2C(=O)C=CC2=O)c1Cl. The van der Waals surface area contributed by atoms with Gasteiger partial charge in [0.25, 0.3) is 11.8 Å². The molecule has 3 aliphatic heterocycles. The minimum absolute atomic E-state index is 0.0447. The number of imide groups is 1. The van der Waals surface area contributed by atoms with Crippen LogP contribution in [0.3, 0.4) is 0 Å². The predicted molar refractivity (Wildman–Crippen MR) is 217 cm³/mol. The molecule has 4 rings (SSSR count). The summed E-state index contributed by atoms with van der Waals surface area (Å²) >= 11 is 6.65. The molecular formula is C42H57ClN4O12. The van der Waals surface area contributed by atoms with Gasteiger partial charge in [-0.2, -0.15) is 0 Å². The van der Waals surface area contributed by atoms with Crippen LogP contribution in [-0.4, -0.2) is 128 Å². The molecule has 7 atom stereocenters. The number of cyclic esters (lactones) is 1.